The molecule has 0 spiro atoms. The Balaban J connectivity index is 2.26. The van der Waals surface area contributed by atoms with Crippen LogP contribution in [0.3, 0.4) is 0 Å². The highest BCUT2D eigenvalue weighted by Gasteiger charge is 2.22. The molecule has 0 aromatic heterocycles. The summed E-state index contributed by atoms with van der Waals surface area (Å²) < 4.78 is 5.43. The van der Waals surface area contributed by atoms with E-state index in [1.165, 1.54) is 0 Å². The SMILES string of the molecule is CCCCC(N)C(=O)NC1CCOC(C)C1. The zero-order valence-electron chi connectivity index (χ0n) is 10.4. The Morgan fingerprint density at radius 1 is 1.62 bits per heavy atom. The molecular weight excluding hydrogens is 204 g/mol. The topological polar surface area (TPSA) is 64.4 Å². The second-order valence-corrected chi connectivity index (χ2v) is 4.66. The largest absolute Gasteiger partial charge is 0.378 e. The van der Waals surface area contributed by atoms with Gasteiger partial charge in [0.2, 0.25) is 5.91 Å². The summed E-state index contributed by atoms with van der Waals surface area (Å²) in [6.45, 7) is 4.87. The van der Waals surface area contributed by atoms with Crippen molar-refractivity contribution in [3.05, 3.63) is 0 Å². The molecule has 4 heteroatoms. The predicted molar refractivity (Wildman–Crippen MR) is 64.1 cm³/mol. The number of rotatable bonds is 5. The van der Waals surface area contributed by atoms with Crippen LogP contribution in [0.15, 0.2) is 0 Å². The van der Waals surface area contributed by atoms with Gasteiger partial charge in [0.1, 0.15) is 0 Å². The first kappa shape index (κ1) is 13.5. The van der Waals surface area contributed by atoms with Crippen LogP contribution in [0.4, 0.5) is 0 Å². The summed E-state index contributed by atoms with van der Waals surface area (Å²) in [6, 6.07) is -0.109. The van der Waals surface area contributed by atoms with E-state index < -0.39 is 0 Å². The van der Waals surface area contributed by atoms with E-state index >= 15 is 0 Å². The second-order valence-electron chi connectivity index (χ2n) is 4.66. The summed E-state index contributed by atoms with van der Waals surface area (Å²) in [4.78, 5) is 11.7. The summed E-state index contributed by atoms with van der Waals surface area (Å²) in [5.41, 5.74) is 5.81. The Kier molecular flexibility index (Phi) is 5.77. The Labute approximate surface area is 97.9 Å². The first-order valence-corrected chi connectivity index (χ1v) is 6.31. The van der Waals surface area contributed by atoms with E-state index in [2.05, 4.69) is 12.2 Å². The lowest BCUT2D eigenvalue weighted by molar-refractivity contribution is -0.124. The number of unbranched alkanes of at least 4 members (excludes halogenated alkanes) is 1. The maximum absolute atomic E-state index is 11.7. The maximum atomic E-state index is 11.7. The number of hydrogen-bond donors (Lipinski definition) is 2. The van der Waals surface area contributed by atoms with Crippen LogP contribution in [0.2, 0.25) is 0 Å². The third-order valence-electron chi connectivity index (χ3n) is 3.04. The number of amides is 1. The number of carbonyl (C=O) groups excluding carboxylic acids is 1. The van der Waals surface area contributed by atoms with Gasteiger partial charge in [-0.15, -0.1) is 0 Å². The van der Waals surface area contributed by atoms with Crippen molar-refractivity contribution in [3.63, 3.8) is 0 Å². The average Bonchev–Trinajstić information content (AvgIpc) is 2.25. The Morgan fingerprint density at radius 2 is 2.38 bits per heavy atom. The lowest BCUT2D eigenvalue weighted by Crippen LogP contribution is -2.48. The van der Waals surface area contributed by atoms with E-state index in [-0.39, 0.29) is 24.1 Å². The van der Waals surface area contributed by atoms with Gasteiger partial charge in [0.25, 0.3) is 0 Å². The molecule has 3 atom stereocenters. The molecule has 3 unspecified atom stereocenters. The van der Waals surface area contributed by atoms with Crippen molar-refractivity contribution in [2.24, 2.45) is 5.73 Å². The molecule has 1 heterocycles. The molecule has 94 valence electrons. The molecule has 0 aromatic rings. The van der Waals surface area contributed by atoms with Gasteiger partial charge in [0.15, 0.2) is 0 Å². The summed E-state index contributed by atoms with van der Waals surface area (Å²) >= 11 is 0. The number of nitrogens with two attached hydrogens (primary N) is 1. The Bertz CT molecular complexity index is 221. The van der Waals surface area contributed by atoms with Crippen LogP contribution >= 0.6 is 0 Å². The minimum absolute atomic E-state index is 0.00690. The van der Waals surface area contributed by atoms with E-state index in [1.54, 1.807) is 0 Å². The highest BCUT2D eigenvalue weighted by Crippen LogP contribution is 2.13. The molecular formula is C12H24N2O2. The van der Waals surface area contributed by atoms with E-state index in [1.807, 2.05) is 6.92 Å². The van der Waals surface area contributed by atoms with Crippen LogP contribution in [-0.4, -0.2) is 30.7 Å². The van der Waals surface area contributed by atoms with Crippen molar-refractivity contribution < 1.29 is 9.53 Å². The van der Waals surface area contributed by atoms with Crippen LogP contribution in [0, 0.1) is 0 Å². The minimum atomic E-state index is -0.349. The van der Waals surface area contributed by atoms with Gasteiger partial charge in [-0.05, 0) is 26.2 Å². The molecule has 16 heavy (non-hydrogen) atoms. The lowest BCUT2D eigenvalue weighted by atomic mass is 10.0. The zero-order chi connectivity index (χ0) is 12.0. The van der Waals surface area contributed by atoms with Gasteiger partial charge < -0.3 is 15.8 Å². The van der Waals surface area contributed by atoms with Gasteiger partial charge in [0, 0.05) is 12.6 Å². The normalized spacial score (nSPS) is 27.4. The quantitative estimate of drug-likeness (QED) is 0.743. The van der Waals surface area contributed by atoms with E-state index in [0.717, 1.165) is 38.7 Å². The van der Waals surface area contributed by atoms with Crippen LogP contribution in [0.5, 0.6) is 0 Å². The highest BCUT2D eigenvalue weighted by molar-refractivity contribution is 5.81. The number of nitrogens with one attached hydrogen (secondary N) is 1. The molecule has 1 aliphatic rings. The van der Waals surface area contributed by atoms with Crippen LogP contribution in [-0.2, 0) is 9.53 Å². The molecule has 3 N–H and O–H groups in total. The van der Waals surface area contributed by atoms with Gasteiger partial charge in [0.05, 0.1) is 12.1 Å². The molecule has 0 bridgehead atoms. The molecule has 0 aromatic carbocycles. The van der Waals surface area contributed by atoms with Crippen molar-refractivity contribution in [1.82, 2.24) is 5.32 Å². The fourth-order valence-electron chi connectivity index (χ4n) is 1.99. The monoisotopic (exact) mass is 228 g/mol. The maximum Gasteiger partial charge on any atom is 0.237 e. The van der Waals surface area contributed by atoms with Crippen LogP contribution < -0.4 is 11.1 Å². The summed E-state index contributed by atoms with van der Waals surface area (Å²) in [5.74, 6) is -0.00690. The first-order valence-electron chi connectivity index (χ1n) is 6.31. The third-order valence-corrected chi connectivity index (χ3v) is 3.04. The van der Waals surface area contributed by atoms with Crippen molar-refractivity contribution in [2.45, 2.75) is 64.1 Å². The summed E-state index contributed by atoms with van der Waals surface area (Å²) in [5, 5.41) is 3.01. The Hall–Kier alpha value is -0.610. The Morgan fingerprint density at radius 3 is 3.00 bits per heavy atom. The molecule has 4 nitrogen and oxygen atoms in total. The summed E-state index contributed by atoms with van der Waals surface area (Å²) in [7, 11) is 0. The number of carbonyl (C=O) groups is 1. The molecule has 0 aliphatic carbocycles. The molecule has 0 saturated carbocycles. The average molecular weight is 228 g/mol. The van der Waals surface area contributed by atoms with Gasteiger partial charge in [-0.25, -0.2) is 0 Å². The van der Waals surface area contributed by atoms with E-state index in [0.29, 0.717) is 0 Å². The fourth-order valence-corrected chi connectivity index (χ4v) is 1.99. The zero-order valence-corrected chi connectivity index (χ0v) is 10.4. The minimum Gasteiger partial charge on any atom is -0.378 e. The molecule has 1 fully saturated rings. The molecule has 1 amide bonds. The summed E-state index contributed by atoms with van der Waals surface area (Å²) in [6.07, 6.45) is 4.91. The number of ether oxygens (including phenoxy) is 1. The van der Waals surface area contributed by atoms with Gasteiger partial charge in [-0.2, -0.15) is 0 Å². The van der Waals surface area contributed by atoms with Crippen molar-refractivity contribution in [3.8, 4) is 0 Å². The predicted octanol–water partition coefficient (Wildman–Crippen LogP) is 1.19. The van der Waals surface area contributed by atoms with Gasteiger partial charge in [-0.1, -0.05) is 19.8 Å². The van der Waals surface area contributed by atoms with Crippen molar-refractivity contribution in [2.75, 3.05) is 6.61 Å². The lowest BCUT2D eigenvalue weighted by Gasteiger charge is -2.28. The number of hydrogen-bond acceptors (Lipinski definition) is 3. The first-order chi connectivity index (χ1) is 7.63. The van der Waals surface area contributed by atoms with Crippen molar-refractivity contribution in [1.29, 1.82) is 0 Å². The van der Waals surface area contributed by atoms with Crippen molar-refractivity contribution >= 4 is 5.91 Å². The van der Waals surface area contributed by atoms with E-state index in [4.69, 9.17) is 10.5 Å². The molecule has 1 aliphatic heterocycles. The second kappa shape index (κ2) is 6.86. The van der Waals surface area contributed by atoms with Crippen LogP contribution in [0.25, 0.3) is 0 Å². The van der Waals surface area contributed by atoms with Crippen LogP contribution in [0.1, 0.15) is 46.0 Å². The standard InChI is InChI=1S/C12H24N2O2/c1-3-4-5-11(13)12(15)14-10-6-7-16-9(2)8-10/h9-11H,3-8,13H2,1-2H3,(H,14,15). The van der Waals surface area contributed by atoms with E-state index in [9.17, 15) is 4.79 Å². The highest BCUT2D eigenvalue weighted by atomic mass is 16.5. The molecule has 1 saturated heterocycles. The molecule has 1 rings (SSSR count). The van der Waals surface area contributed by atoms with Gasteiger partial charge >= 0.3 is 0 Å². The molecule has 0 radical (unpaired) electrons. The fraction of sp³-hybridized carbons (Fsp3) is 0.917. The van der Waals surface area contributed by atoms with Gasteiger partial charge in [-0.3, -0.25) is 4.79 Å². The smallest absolute Gasteiger partial charge is 0.237 e. The third kappa shape index (κ3) is 4.49.